The molecule has 0 bridgehead atoms. The van der Waals surface area contributed by atoms with Gasteiger partial charge in [0.25, 0.3) is 0 Å². The Morgan fingerprint density at radius 3 is 3.67 bits per heavy atom. The van der Waals surface area contributed by atoms with Crippen molar-refractivity contribution in [3.05, 3.63) is 12.1 Å². The van der Waals surface area contributed by atoms with E-state index < -0.39 is 6.85 Å². The number of aromatic nitrogens is 3. The van der Waals surface area contributed by atoms with Crippen molar-refractivity contribution in [3.8, 4) is 0 Å². The molecule has 1 aromatic rings. The smallest absolute Gasteiger partial charge is 0.147 e. The molecule has 1 heterocycles. The van der Waals surface area contributed by atoms with Crippen molar-refractivity contribution >= 4 is 0 Å². The van der Waals surface area contributed by atoms with Gasteiger partial charge in [-0.15, -0.1) is 0 Å². The zero-order valence-corrected chi connectivity index (χ0v) is 2.89. The molecule has 0 aliphatic heterocycles. The van der Waals surface area contributed by atoms with Crippen LogP contribution in [0.5, 0.6) is 0 Å². The quantitative estimate of drug-likeness (QED) is 0.488. The van der Waals surface area contributed by atoms with Crippen LogP contribution >= 0.6 is 0 Å². The molecular weight excluding hydrogens is 78.1 g/mol. The monoisotopic (exact) mass is 87.1 g/mol. The Morgan fingerprint density at radius 1 is 2.33 bits per heavy atom. The molecule has 32 valence electrons. The normalized spacial score (nSPS) is 20.7. The summed E-state index contributed by atoms with van der Waals surface area (Å²) >= 11 is 0. The molecule has 1 rings (SSSR count). The number of nitrogens with one attached hydrogen (secondary N) is 1. The molecule has 3 heteroatoms. The van der Waals surface area contributed by atoms with Crippen LogP contribution in [0.1, 0.15) is 11.3 Å². The Balaban J connectivity index is 2.96. The molecule has 6 heavy (non-hydrogen) atoms. The van der Waals surface area contributed by atoms with Gasteiger partial charge in [-0.05, 0) is 6.85 Å². The van der Waals surface area contributed by atoms with Crippen molar-refractivity contribution in [3.63, 3.8) is 0 Å². The number of aromatic amines is 1. The third-order valence-electron chi connectivity index (χ3n) is 0.374. The fourth-order valence-electron chi connectivity index (χ4n) is 0.181. The van der Waals surface area contributed by atoms with Gasteiger partial charge in [0.15, 0.2) is 0 Å². The van der Waals surface area contributed by atoms with Crippen LogP contribution in [0.3, 0.4) is 0 Å². The topological polar surface area (TPSA) is 41.6 Å². The molecule has 0 fully saturated rings. The minimum atomic E-state index is -2.31. The lowest BCUT2D eigenvalue weighted by atomic mass is 10.8. The third-order valence-corrected chi connectivity index (χ3v) is 0.374. The summed E-state index contributed by atoms with van der Waals surface area (Å²) in [5, 5.41) is 5.42. The highest BCUT2D eigenvalue weighted by Gasteiger charge is 1.76. The Labute approximate surface area is 41.0 Å². The van der Waals surface area contributed by atoms with Crippen LogP contribution in [0.4, 0.5) is 0 Å². The van der Waals surface area contributed by atoms with Gasteiger partial charge in [-0.25, -0.2) is 4.98 Å². The van der Waals surface area contributed by atoms with Crippen molar-refractivity contribution in [1.82, 2.24) is 15.2 Å². The molecule has 0 radical (unpaired) electrons. The van der Waals surface area contributed by atoms with Gasteiger partial charge in [0.2, 0.25) is 0 Å². The highest BCUT2D eigenvalue weighted by Crippen LogP contribution is 1.73. The van der Waals surface area contributed by atoms with Crippen molar-refractivity contribution < 1.29 is 5.48 Å². The second-order valence-corrected chi connectivity index (χ2v) is 0.771. The fraction of sp³-hybridized carbons (Fsp3) is 0.333. The lowest BCUT2D eigenvalue weighted by molar-refractivity contribution is 1.04. The van der Waals surface area contributed by atoms with E-state index in [4.69, 9.17) is 5.48 Å². The standard InChI is InChI=1S/C3H5N3/c1-3-4-2-5-6-3/h2H,1H3,(H,4,5,6)/i1D3,2D. The average molecular weight is 87.1 g/mol. The first-order chi connectivity index (χ1) is 4.50. The van der Waals surface area contributed by atoms with Crippen LogP contribution < -0.4 is 0 Å². The Hall–Kier alpha value is -0.860. The van der Waals surface area contributed by atoms with Crippen molar-refractivity contribution in [1.29, 1.82) is 0 Å². The van der Waals surface area contributed by atoms with Crippen LogP contribution in [0.25, 0.3) is 0 Å². The van der Waals surface area contributed by atoms with Gasteiger partial charge in [-0.2, -0.15) is 5.10 Å². The number of rotatable bonds is 0. The minimum Gasteiger partial charge on any atom is -0.266 e. The van der Waals surface area contributed by atoms with Gasteiger partial charge < -0.3 is 0 Å². The molecule has 0 saturated heterocycles. The second kappa shape index (κ2) is 1.08. The Kier molecular flexibility index (Phi) is 0.190. The van der Waals surface area contributed by atoms with E-state index >= 15 is 0 Å². The van der Waals surface area contributed by atoms with Crippen LogP contribution in [0.2, 0.25) is 0 Å². The van der Waals surface area contributed by atoms with E-state index in [9.17, 15) is 0 Å². The minimum absolute atomic E-state index is 0.230. The van der Waals surface area contributed by atoms with Crippen molar-refractivity contribution in [2.45, 2.75) is 6.85 Å². The van der Waals surface area contributed by atoms with Gasteiger partial charge in [0.1, 0.15) is 13.5 Å². The molecule has 0 atom stereocenters. The van der Waals surface area contributed by atoms with Gasteiger partial charge in [-0.3, -0.25) is 5.10 Å². The molecule has 0 amide bonds. The summed E-state index contributed by atoms with van der Waals surface area (Å²) in [4.78, 5) is 3.32. The molecule has 3 nitrogen and oxygen atoms in total. The van der Waals surface area contributed by atoms with Gasteiger partial charge in [-0.1, -0.05) is 0 Å². The summed E-state index contributed by atoms with van der Waals surface area (Å²) in [5.74, 6) is -0.308. The first kappa shape index (κ1) is 1.05. The molecule has 0 aliphatic rings. The lowest BCUT2D eigenvalue weighted by Crippen LogP contribution is -1.68. The maximum atomic E-state index is 6.82. The number of nitrogens with zero attached hydrogens (tertiary/aromatic N) is 2. The van der Waals surface area contributed by atoms with E-state index in [0.717, 1.165) is 0 Å². The van der Waals surface area contributed by atoms with E-state index in [2.05, 4.69) is 15.2 Å². The average Bonchev–Trinajstić information content (AvgIpc) is 2.11. The summed E-state index contributed by atoms with van der Waals surface area (Å²) in [7, 11) is 0. The van der Waals surface area contributed by atoms with E-state index in [0.29, 0.717) is 0 Å². The summed E-state index contributed by atoms with van der Waals surface area (Å²) in [6, 6.07) is 0. The molecule has 0 saturated carbocycles. The number of hydrogen-bond acceptors (Lipinski definition) is 2. The van der Waals surface area contributed by atoms with E-state index in [1.807, 2.05) is 0 Å². The molecule has 0 aliphatic carbocycles. The van der Waals surface area contributed by atoms with Gasteiger partial charge in [0, 0.05) is 4.11 Å². The predicted octanol–water partition coefficient (Wildman–Crippen LogP) is 0.113. The second-order valence-electron chi connectivity index (χ2n) is 0.771. The fourth-order valence-corrected chi connectivity index (χ4v) is 0.181. The number of H-pyrrole nitrogens is 1. The van der Waals surface area contributed by atoms with Crippen LogP contribution in [-0.2, 0) is 0 Å². The van der Waals surface area contributed by atoms with Gasteiger partial charge in [0.05, 0.1) is 0 Å². The van der Waals surface area contributed by atoms with E-state index in [1.165, 1.54) is 0 Å². The molecule has 1 aromatic heterocycles. The predicted molar refractivity (Wildman–Crippen MR) is 21.1 cm³/mol. The summed E-state index contributed by atoms with van der Waals surface area (Å²) in [5.41, 5.74) is 0. The first-order valence-corrected chi connectivity index (χ1v) is 1.39. The van der Waals surface area contributed by atoms with Crippen LogP contribution in [0.15, 0.2) is 6.30 Å². The van der Waals surface area contributed by atoms with Gasteiger partial charge >= 0.3 is 0 Å². The summed E-state index contributed by atoms with van der Waals surface area (Å²) in [6.45, 7) is -2.31. The first-order valence-electron chi connectivity index (χ1n) is 3.39. The Morgan fingerprint density at radius 2 is 3.33 bits per heavy atom. The maximum absolute atomic E-state index is 6.82. The highest BCUT2D eigenvalue weighted by molar-refractivity contribution is 4.70. The highest BCUT2D eigenvalue weighted by atomic mass is 15.2. The molecular formula is C3H5N3. The summed E-state index contributed by atoms with van der Waals surface area (Å²) in [6.07, 6.45) is -0.230. The van der Waals surface area contributed by atoms with Crippen molar-refractivity contribution in [2.24, 2.45) is 0 Å². The summed E-state index contributed by atoms with van der Waals surface area (Å²) < 4.78 is 27.2. The third kappa shape index (κ3) is 0.381. The van der Waals surface area contributed by atoms with E-state index in [-0.39, 0.29) is 12.1 Å². The lowest BCUT2D eigenvalue weighted by Gasteiger charge is -1.63. The Bertz CT molecular complexity index is 226. The van der Waals surface area contributed by atoms with E-state index in [1.54, 1.807) is 0 Å². The zero-order chi connectivity index (χ0) is 7.78. The molecule has 1 N–H and O–H groups in total. The number of hydrogen-bond donors (Lipinski definition) is 1. The van der Waals surface area contributed by atoms with Crippen molar-refractivity contribution in [2.75, 3.05) is 0 Å². The largest absolute Gasteiger partial charge is 0.266 e. The molecule has 0 spiro atoms. The number of aryl methyl sites for hydroxylation is 1. The zero-order valence-electron chi connectivity index (χ0n) is 6.89. The maximum Gasteiger partial charge on any atom is 0.147 e. The SMILES string of the molecule is [2H]c1nc(C([2H])([2H])[2H])n[nH]1. The van der Waals surface area contributed by atoms with Crippen LogP contribution in [-0.4, -0.2) is 15.2 Å². The molecule has 0 aromatic carbocycles. The molecule has 0 unspecified atom stereocenters. The van der Waals surface area contributed by atoms with Crippen LogP contribution in [0, 0.1) is 6.85 Å².